The smallest absolute Gasteiger partial charge is 0.0175 e. The van der Waals surface area contributed by atoms with Crippen molar-refractivity contribution in [1.29, 1.82) is 0 Å². The monoisotopic (exact) mass is 338 g/mol. The average molecular weight is 340 g/mol. The SMILES string of the molecule is CC(c1ccc(Br)cc1)c1ccc(Br)cc1. The van der Waals surface area contributed by atoms with Gasteiger partial charge in [0, 0.05) is 14.9 Å². The van der Waals surface area contributed by atoms with Crippen LogP contribution in [-0.2, 0) is 0 Å². The van der Waals surface area contributed by atoms with E-state index in [0.29, 0.717) is 5.92 Å². The van der Waals surface area contributed by atoms with E-state index < -0.39 is 0 Å². The molecule has 2 aromatic carbocycles. The van der Waals surface area contributed by atoms with Gasteiger partial charge in [-0.25, -0.2) is 0 Å². The molecule has 0 radical (unpaired) electrons. The maximum Gasteiger partial charge on any atom is 0.0175 e. The highest BCUT2D eigenvalue weighted by Crippen LogP contribution is 2.26. The Kier molecular flexibility index (Phi) is 3.82. The summed E-state index contributed by atoms with van der Waals surface area (Å²) in [5.74, 6) is 0.432. The molecule has 0 aromatic heterocycles. The highest BCUT2D eigenvalue weighted by molar-refractivity contribution is 9.10. The van der Waals surface area contributed by atoms with Gasteiger partial charge in [-0.15, -0.1) is 0 Å². The van der Waals surface area contributed by atoms with Crippen LogP contribution >= 0.6 is 31.9 Å². The molecule has 2 heteroatoms. The van der Waals surface area contributed by atoms with Crippen LogP contribution in [0.3, 0.4) is 0 Å². The second kappa shape index (κ2) is 5.15. The third-order valence-corrected chi connectivity index (χ3v) is 3.80. The molecule has 0 amide bonds. The normalized spacial score (nSPS) is 10.8. The second-order valence-corrected chi connectivity index (χ2v) is 5.66. The lowest BCUT2D eigenvalue weighted by Gasteiger charge is -2.12. The van der Waals surface area contributed by atoms with Crippen LogP contribution in [0.5, 0.6) is 0 Å². The van der Waals surface area contributed by atoms with Gasteiger partial charge in [-0.3, -0.25) is 0 Å². The van der Waals surface area contributed by atoms with E-state index in [2.05, 4.69) is 87.3 Å². The third kappa shape index (κ3) is 2.74. The van der Waals surface area contributed by atoms with Crippen LogP contribution in [0.2, 0.25) is 0 Å². The summed E-state index contributed by atoms with van der Waals surface area (Å²) in [4.78, 5) is 0. The molecular weight excluding hydrogens is 328 g/mol. The number of benzene rings is 2. The second-order valence-electron chi connectivity index (χ2n) is 3.82. The number of hydrogen-bond acceptors (Lipinski definition) is 0. The Hall–Kier alpha value is -0.600. The van der Waals surface area contributed by atoms with Crippen molar-refractivity contribution < 1.29 is 0 Å². The maximum absolute atomic E-state index is 3.45. The van der Waals surface area contributed by atoms with Gasteiger partial charge >= 0.3 is 0 Å². The summed E-state index contributed by atoms with van der Waals surface area (Å²) >= 11 is 6.91. The first-order valence-corrected chi connectivity index (χ1v) is 6.76. The minimum Gasteiger partial charge on any atom is -0.0573 e. The van der Waals surface area contributed by atoms with Crippen molar-refractivity contribution in [2.45, 2.75) is 12.8 Å². The van der Waals surface area contributed by atoms with Gasteiger partial charge in [0.25, 0.3) is 0 Å². The predicted molar refractivity (Wildman–Crippen MR) is 75.8 cm³/mol. The zero-order chi connectivity index (χ0) is 11.5. The summed E-state index contributed by atoms with van der Waals surface area (Å²) in [6.45, 7) is 2.23. The van der Waals surface area contributed by atoms with Crippen LogP contribution in [0.15, 0.2) is 57.5 Å². The predicted octanol–water partition coefficient (Wildman–Crippen LogP) is 5.36. The fourth-order valence-corrected chi connectivity index (χ4v) is 2.22. The number of hydrogen-bond donors (Lipinski definition) is 0. The van der Waals surface area contributed by atoms with Crippen molar-refractivity contribution in [3.8, 4) is 0 Å². The lowest BCUT2D eigenvalue weighted by molar-refractivity contribution is 0.921. The molecule has 0 aliphatic rings. The van der Waals surface area contributed by atoms with E-state index in [9.17, 15) is 0 Å². The van der Waals surface area contributed by atoms with Crippen LogP contribution in [0, 0.1) is 0 Å². The Bertz CT molecular complexity index is 412. The van der Waals surface area contributed by atoms with E-state index in [4.69, 9.17) is 0 Å². The van der Waals surface area contributed by atoms with Gasteiger partial charge in [0.05, 0.1) is 0 Å². The molecule has 16 heavy (non-hydrogen) atoms. The molecule has 2 aromatic rings. The summed E-state index contributed by atoms with van der Waals surface area (Å²) in [6.07, 6.45) is 0. The van der Waals surface area contributed by atoms with Gasteiger partial charge in [0.15, 0.2) is 0 Å². The van der Waals surface area contributed by atoms with Crippen LogP contribution in [-0.4, -0.2) is 0 Å². The molecule has 0 N–H and O–H groups in total. The molecular formula is C14H12Br2. The summed E-state index contributed by atoms with van der Waals surface area (Å²) in [6, 6.07) is 17.0. The first-order chi connectivity index (χ1) is 7.66. The van der Waals surface area contributed by atoms with Crippen LogP contribution in [0.4, 0.5) is 0 Å². The molecule has 0 bridgehead atoms. The van der Waals surface area contributed by atoms with Gasteiger partial charge in [0.1, 0.15) is 0 Å². The van der Waals surface area contributed by atoms with Crippen molar-refractivity contribution in [1.82, 2.24) is 0 Å². The van der Waals surface area contributed by atoms with Crippen molar-refractivity contribution in [2.24, 2.45) is 0 Å². The first-order valence-electron chi connectivity index (χ1n) is 5.18. The Balaban J connectivity index is 2.28. The Labute approximate surface area is 113 Å². The molecule has 0 nitrogen and oxygen atoms in total. The third-order valence-electron chi connectivity index (χ3n) is 2.74. The van der Waals surface area contributed by atoms with Gasteiger partial charge < -0.3 is 0 Å². The molecule has 82 valence electrons. The molecule has 0 fully saturated rings. The van der Waals surface area contributed by atoms with Crippen LogP contribution in [0.1, 0.15) is 24.0 Å². The Morgan fingerprint density at radius 2 is 1.00 bits per heavy atom. The maximum atomic E-state index is 3.45. The van der Waals surface area contributed by atoms with E-state index in [0.717, 1.165) is 8.95 Å². The van der Waals surface area contributed by atoms with E-state index in [1.165, 1.54) is 11.1 Å². The molecule has 0 spiro atoms. The van der Waals surface area contributed by atoms with Crippen LogP contribution < -0.4 is 0 Å². The van der Waals surface area contributed by atoms with Crippen molar-refractivity contribution in [3.63, 3.8) is 0 Å². The molecule has 0 heterocycles. The highest BCUT2D eigenvalue weighted by atomic mass is 79.9. The minimum absolute atomic E-state index is 0.432. The first kappa shape index (κ1) is 11.9. The molecule has 0 atom stereocenters. The fourth-order valence-electron chi connectivity index (χ4n) is 1.70. The van der Waals surface area contributed by atoms with E-state index in [1.807, 2.05) is 0 Å². The fraction of sp³-hybridized carbons (Fsp3) is 0.143. The summed E-state index contributed by atoms with van der Waals surface area (Å²) in [7, 11) is 0. The van der Waals surface area contributed by atoms with Gasteiger partial charge in [-0.05, 0) is 35.4 Å². The number of halogens is 2. The zero-order valence-electron chi connectivity index (χ0n) is 8.95. The topological polar surface area (TPSA) is 0 Å². The summed E-state index contributed by atoms with van der Waals surface area (Å²) in [5.41, 5.74) is 2.68. The Morgan fingerprint density at radius 1 is 0.688 bits per heavy atom. The summed E-state index contributed by atoms with van der Waals surface area (Å²) < 4.78 is 2.25. The lowest BCUT2D eigenvalue weighted by atomic mass is 9.93. The molecule has 0 unspecified atom stereocenters. The van der Waals surface area contributed by atoms with Gasteiger partial charge in [-0.2, -0.15) is 0 Å². The van der Waals surface area contributed by atoms with Crippen LogP contribution in [0.25, 0.3) is 0 Å². The quantitative estimate of drug-likeness (QED) is 0.690. The number of rotatable bonds is 2. The largest absolute Gasteiger partial charge is 0.0573 e. The summed E-state index contributed by atoms with van der Waals surface area (Å²) in [5, 5.41) is 0. The zero-order valence-corrected chi connectivity index (χ0v) is 12.1. The van der Waals surface area contributed by atoms with Crippen molar-refractivity contribution >= 4 is 31.9 Å². The average Bonchev–Trinajstić information content (AvgIpc) is 2.30. The molecule has 0 aliphatic heterocycles. The Morgan fingerprint density at radius 3 is 1.31 bits per heavy atom. The highest BCUT2D eigenvalue weighted by Gasteiger charge is 2.07. The molecule has 0 saturated carbocycles. The molecule has 0 aliphatic carbocycles. The molecule has 2 rings (SSSR count). The van der Waals surface area contributed by atoms with Crippen molar-refractivity contribution in [3.05, 3.63) is 68.6 Å². The molecule has 0 saturated heterocycles. The lowest BCUT2D eigenvalue weighted by Crippen LogP contribution is -1.95. The van der Waals surface area contributed by atoms with Crippen molar-refractivity contribution in [2.75, 3.05) is 0 Å². The van der Waals surface area contributed by atoms with E-state index in [1.54, 1.807) is 0 Å². The van der Waals surface area contributed by atoms with E-state index in [-0.39, 0.29) is 0 Å². The minimum atomic E-state index is 0.432. The van der Waals surface area contributed by atoms with Gasteiger partial charge in [-0.1, -0.05) is 63.0 Å². The standard InChI is InChI=1S/C14H12Br2/c1-10(11-2-6-13(15)7-3-11)12-4-8-14(16)9-5-12/h2-10H,1H3. The van der Waals surface area contributed by atoms with Gasteiger partial charge in [0.2, 0.25) is 0 Å². The van der Waals surface area contributed by atoms with E-state index >= 15 is 0 Å².